The van der Waals surface area contributed by atoms with Gasteiger partial charge in [-0.3, -0.25) is 9.58 Å². The number of hydrogen-bond acceptors (Lipinski definition) is 5. The zero-order chi connectivity index (χ0) is 13.8. The average molecular weight is 267 g/mol. The second-order valence-electron chi connectivity index (χ2n) is 5.00. The first-order chi connectivity index (χ1) is 9.10. The molecule has 0 bridgehead atoms. The Hall–Kier alpha value is -1.60. The van der Waals surface area contributed by atoms with Crippen LogP contribution in [-0.2, 0) is 11.3 Å². The van der Waals surface area contributed by atoms with Gasteiger partial charge in [0.15, 0.2) is 5.84 Å². The van der Waals surface area contributed by atoms with Crippen molar-refractivity contribution >= 4 is 5.84 Å². The molecular weight excluding hydrogens is 246 g/mol. The molecule has 1 atom stereocenters. The zero-order valence-electron chi connectivity index (χ0n) is 11.4. The Balaban J connectivity index is 1.94. The summed E-state index contributed by atoms with van der Waals surface area (Å²) in [6.45, 7) is 6.96. The molecule has 106 valence electrons. The molecule has 7 nitrogen and oxygen atoms in total. The van der Waals surface area contributed by atoms with Crippen LogP contribution in [0.3, 0.4) is 0 Å². The van der Waals surface area contributed by atoms with E-state index in [-0.39, 0.29) is 11.9 Å². The quantitative estimate of drug-likeness (QED) is 0.357. The third-order valence-electron chi connectivity index (χ3n) is 3.17. The van der Waals surface area contributed by atoms with Crippen molar-refractivity contribution in [2.45, 2.75) is 32.5 Å². The number of morpholine rings is 1. The predicted molar refractivity (Wildman–Crippen MR) is 71.0 cm³/mol. The maximum Gasteiger partial charge on any atom is 0.169 e. The van der Waals surface area contributed by atoms with Gasteiger partial charge >= 0.3 is 0 Å². The monoisotopic (exact) mass is 267 g/mol. The van der Waals surface area contributed by atoms with Crippen LogP contribution in [0.25, 0.3) is 0 Å². The van der Waals surface area contributed by atoms with Gasteiger partial charge in [0.2, 0.25) is 0 Å². The van der Waals surface area contributed by atoms with E-state index in [1.807, 2.05) is 16.9 Å². The van der Waals surface area contributed by atoms with E-state index in [1.54, 1.807) is 0 Å². The second-order valence-corrected chi connectivity index (χ2v) is 5.00. The van der Waals surface area contributed by atoms with E-state index in [2.05, 4.69) is 29.0 Å². The van der Waals surface area contributed by atoms with Crippen molar-refractivity contribution in [1.82, 2.24) is 14.7 Å². The third-order valence-corrected chi connectivity index (χ3v) is 3.17. The van der Waals surface area contributed by atoms with E-state index < -0.39 is 0 Å². The topological polar surface area (TPSA) is 88.9 Å². The first kappa shape index (κ1) is 13.8. The van der Waals surface area contributed by atoms with Crippen molar-refractivity contribution in [3.05, 3.63) is 18.0 Å². The van der Waals surface area contributed by atoms with Crippen LogP contribution in [0.15, 0.2) is 17.4 Å². The molecule has 0 spiro atoms. The van der Waals surface area contributed by atoms with Crippen LogP contribution in [0.4, 0.5) is 0 Å². The molecule has 1 saturated heterocycles. The van der Waals surface area contributed by atoms with Crippen LogP contribution < -0.4 is 5.73 Å². The summed E-state index contributed by atoms with van der Waals surface area (Å²) in [6, 6.07) is 2.39. The SMILES string of the molecule is CC(C)n1ccc(CN2CCOC(C(N)=NO)C2)n1. The fraction of sp³-hybridized carbons (Fsp3) is 0.667. The minimum Gasteiger partial charge on any atom is -0.409 e. The first-order valence-electron chi connectivity index (χ1n) is 6.45. The standard InChI is InChI=1S/C12H21N5O2/c1-9(2)17-4-3-10(14-17)7-16-5-6-19-11(8-16)12(13)15-18/h3-4,9,11,18H,5-8H2,1-2H3,(H2,13,15). The minimum absolute atomic E-state index is 0.123. The maximum atomic E-state index is 8.68. The molecule has 3 N–H and O–H groups in total. The van der Waals surface area contributed by atoms with Crippen molar-refractivity contribution in [2.75, 3.05) is 19.7 Å². The third kappa shape index (κ3) is 3.45. The molecular formula is C12H21N5O2. The van der Waals surface area contributed by atoms with E-state index in [0.717, 1.165) is 18.8 Å². The molecule has 1 unspecified atom stereocenters. The summed E-state index contributed by atoms with van der Waals surface area (Å²) in [4.78, 5) is 2.19. The van der Waals surface area contributed by atoms with Crippen molar-refractivity contribution in [3.63, 3.8) is 0 Å². The smallest absolute Gasteiger partial charge is 0.169 e. The van der Waals surface area contributed by atoms with Gasteiger partial charge < -0.3 is 15.7 Å². The van der Waals surface area contributed by atoms with E-state index >= 15 is 0 Å². The Labute approximate surface area is 112 Å². The Morgan fingerprint density at radius 3 is 3.11 bits per heavy atom. The molecule has 1 aliphatic rings. The number of amidine groups is 1. The van der Waals surface area contributed by atoms with Crippen LogP contribution in [0.5, 0.6) is 0 Å². The number of nitrogens with two attached hydrogens (primary N) is 1. The van der Waals surface area contributed by atoms with E-state index in [4.69, 9.17) is 15.7 Å². The Morgan fingerprint density at radius 2 is 2.47 bits per heavy atom. The Bertz CT molecular complexity index is 443. The second kappa shape index (κ2) is 6.03. The van der Waals surface area contributed by atoms with Crippen LogP contribution in [0.1, 0.15) is 25.6 Å². The van der Waals surface area contributed by atoms with Gasteiger partial charge in [-0.05, 0) is 19.9 Å². The number of ether oxygens (including phenoxy) is 1. The molecule has 0 aromatic carbocycles. The molecule has 1 aromatic rings. The van der Waals surface area contributed by atoms with Gasteiger partial charge in [-0.1, -0.05) is 5.16 Å². The molecule has 0 saturated carbocycles. The fourth-order valence-corrected chi connectivity index (χ4v) is 2.07. The van der Waals surface area contributed by atoms with Crippen LogP contribution in [-0.4, -0.2) is 51.5 Å². The lowest BCUT2D eigenvalue weighted by molar-refractivity contribution is 0.000901. The average Bonchev–Trinajstić information content (AvgIpc) is 2.87. The lowest BCUT2D eigenvalue weighted by Gasteiger charge is -2.31. The number of oxime groups is 1. The summed E-state index contributed by atoms with van der Waals surface area (Å²) in [5, 5.41) is 16.2. The van der Waals surface area contributed by atoms with Crippen LogP contribution >= 0.6 is 0 Å². The molecule has 0 amide bonds. The number of rotatable bonds is 4. The molecule has 19 heavy (non-hydrogen) atoms. The van der Waals surface area contributed by atoms with Crippen LogP contribution in [0.2, 0.25) is 0 Å². The lowest BCUT2D eigenvalue weighted by atomic mass is 10.2. The summed E-state index contributed by atoms with van der Waals surface area (Å²) in [5.41, 5.74) is 6.60. The summed E-state index contributed by atoms with van der Waals surface area (Å²) >= 11 is 0. The summed E-state index contributed by atoms with van der Waals surface area (Å²) < 4.78 is 7.40. The van der Waals surface area contributed by atoms with Gasteiger partial charge in [0, 0.05) is 31.9 Å². The Kier molecular flexibility index (Phi) is 4.39. The number of aromatic nitrogens is 2. The lowest BCUT2D eigenvalue weighted by Crippen LogP contribution is -2.48. The van der Waals surface area contributed by atoms with E-state index in [9.17, 15) is 0 Å². The highest BCUT2D eigenvalue weighted by atomic mass is 16.5. The van der Waals surface area contributed by atoms with Gasteiger partial charge in [-0.15, -0.1) is 0 Å². The van der Waals surface area contributed by atoms with Crippen molar-refractivity contribution < 1.29 is 9.94 Å². The van der Waals surface area contributed by atoms with E-state index in [1.165, 1.54) is 0 Å². The maximum absolute atomic E-state index is 8.68. The summed E-state index contributed by atoms with van der Waals surface area (Å²) in [7, 11) is 0. The summed E-state index contributed by atoms with van der Waals surface area (Å²) in [6.07, 6.45) is 1.65. The highest BCUT2D eigenvalue weighted by Crippen LogP contribution is 2.11. The van der Waals surface area contributed by atoms with Gasteiger partial charge in [0.05, 0.1) is 12.3 Å². The molecule has 1 aromatic heterocycles. The normalized spacial score (nSPS) is 22.1. The van der Waals surface area contributed by atoms with E-state index in [0.29, 0.717) is 19.2 Å². The van der Waals surface area contributed by atoms with Gasteiger partial charge in [0.25, 0.3) is 0 Å². The van der Waals surface area contributed by atoms with Crippen molar-refractivity contribution in [3.8, 4) is 0 Å². The molecule has 1 aliphatic heterocycles. The van der Waals surface area contributed by atoms with Gasteiger partial charge in [-0.25, -0.2) is 0 Å². The minimum atomic E-state index is -0.342. The highest BCUT2D eigenvalue weighted by molar-refractivity contribution is 5.84. The molecule has 2 rings (SSSR count). The van der Waals surface area contributed by atoms with Crippen molar-refractivity contribution in [2.24, 2.45) is 10.9 Å². The fourth-order valence-electron chi connectivity index (χ4n) is 2.07. The molecule has 0 aliphatic carbocycles. The summed E-state index contributed by atoms with van der Waals surface area (Å²) in [5.74, 6) is 0.123. The highest BCUT2D eigenvalue weighted by Gasteiger charge is 2.24. The van der Waals surface area contributed by atoms with Crippen molar-refractivity contribution in [1.29, 1.82) is 0 Å². The number of nitrogens with zero attached hydrogens (tertiary/aromatic N) is 4. The van der Waals surface area contributed by atoms with Gasteiger partial charge in [-0.2, -0.15) is 5.10 Å². The van der Waals surface area contributed by atoms with Gasteiger partial charge in [0.1, 0.15) is 6.10 Å². The molecule has 2 heterocycles. The first-order valence-corrected chi connectivity index (χ1v) is 6.45. The molecule has 0 radical (unpaired) electrons. The molecule has 7 heteroatoms. The van der Waals surface area contributed by atoms with Crippen LogP contribution in [0, 0.1) is 0 Å². The zero-order valence-corrected chi connectivity index (χ0v) is 11.4. The Morgan fingerprint density at radius 1 is 1.68 bits per heavy atom. The number of hydrogen-bond donors (Lipinski definition) is 2. The predicted octanol–water partition coefficient (Wildman–Crippen LogP) is 0.411. The largest absolute Gasteiger partial charge is 0.409 e. The molecule has 1 fully saturated rings.